The monoisotopic (exact) mass is 195 g/mol. The Kier molecular flexibility index (Phi) is 3.25. The topological polar surface area (TPSA) is 35.2 Å². The normalized spacial score (nSPS) is 9.69. The van der Waals surface area contributed by atoms with Crippen LogP contribution in [0.2, 0.25) is 0 Å². The van der Waals surface area contributed by atoms with Crippen molar-refractivity contribution in [2.45, 2.75) is 13.8 Å². The van der Waals surface area contributed by atoms with Crippen LogP contribution < -0.4 is 10.5 Å². The van der Waals surface area contributed by atoms with Gasteiger partial charge in [-0.3, -0.25) is 0 Å². The molecule has 0 aliphatic heterocycles. The Balaban J connectivity index is 2.98. The molecule has 70 valence electrons. The molecule has 0 heterocycles. The number of benzene rings is 1. The van der Waals surface area contributed by atoms with Gasteiger partial charge in [0.25, 0.3) is 0 Å². The predicted molar refractivity (Wildman–Crippen MR) is 58.2 cm³/mol. The molecule has 0 aromatic heterocycles. The van der Waals surface area contributed by atoms with Crippen LogP contribution in [-0.2, 0) is 0 Å². The van der Waals surface area contributed by atoms with E-state index in [9.17, 15) is 0 Å². The molecule has 0 unspecified atom stereocenters. The maximum absolute atomic E-state index is 5.50. The van der Waals surface area contributed by atoms with Crippen LogP contribution in [0.5, 0.6) is 5.75 Å². The van der Waals surface area contributed by atoms with Crippen LogP contribution in [0.25, 0.3) is 0 Å². The van der Waals surface area contributed by atoms with Crippen molar-refractivity contribution < 1.29 is 4.74 Å². The van der Waals surface area contributed by atoms with Gasteiger partial charge in [-0.15, -0.1) is 0 Å². The smallest absolute Gasteiger partial charge is 0.122 e. The van der Waals surface area contributed by atoms with E-state index in [1.807, 2.05) is 32.0 Å². The van der Waals surface area contributed by atoms with Crippen molar-refractivity contribution in [1.29, 1.82) is 0 Å². The second-order valence-corrected chi connectivity index (χ2v) is 3.22. The molecule has 0 aliphatic carbocycles. The van der Waals surface area contributed by atoms with E-state index in [0.29, 0.717) is 11.6 Å². The Bertz CT molecular complexity index is 323. The van der Waals surface area contributed by atoms with Crippen LogP contribution in [0.1, 0.15) is 18.1 Å². The second kappa shape index (κ2) is 4.23. The Morgan fingerprint density at radius 1 is 1.54 bits per heavy atom. The van der Waals surface area contributed by atoms with Crippen LogP contribution in [0.15, 0.2) is 18.2 Å². The van der Waals surface area contributed by atoms with E-state index in [2.05, 4.69) is 0 Å². The van der Waals surface area contributed by atoms with Gasteiger partial charge >= 0.3 is 0 Å². The third-order valence-electron chi connectivity index (χ3n) is 1.76. The van der Waals surface area contributed by atoms with E-state index in [4.69, 9.17) is 22.7 Å². The number of aryl methyl sites for hydroxylation is 1. The lowest BCUT2D eigenvalue weighted by Crippen LogP contribution is -2.09. The summed E-state index contributed by atoms with van der Waals surface area (Å²) in [4.78, 5) is 0.422. The second-order valence-electron chi connectivity index (χ2n) is 2.78. The first-order chi connectivity index (χ1) is 6.15. The van der Waals surface area contributed by atoms with Crippen molar-refractivity contribution in [2.24, 2.45) is 5.73 Å². The molecule has 0 aliphatic rings. The maximum Gasteiger partial charge on any atom is 0.122 e. The van der Waals surface area contributed by atoms with Gasteiger partial charge in [0, 0.05) is 5.56 Å². The molecule has 13 heavy (non-hydrogen) atoms. The molecule has 0 atom stereocenters. The molecule has 0 amide bonds. The average Bonchev–Trinajstić information content (AvgIpc) is 2.08. The SMILES string of the molecule is CCOc1ccc(C(N)=S)cc1C. The third-order valence-corrected chi connectivity index (χ3v) is 1.99. The molecule has 1 rings (SSSR count). The van der Waals surface area contributed by atoms with Crippen LogP contribution in [0, 0.1) is 6.92 Å². The largest absolute Gasteiger partial charge is 0.494 e. The van der Waals surface area contributed by atoms with Crippen molar-refractivity contribution in [2.75, 3.05) is 6.61 Å². The molecule has 0 bridgehead atoms. The molecular weight excluding hydrogens is 182 g/mol. The average molecular weight is 195 g/mol. The van der Waals surface area contributed by atoms with Crippen molar-refractivity contribution in [3.05, 3.63) is 29.3 Å². The fourth-order valence-electron chi connectivity index (χ4n) is 1.12. The molecule has 2 nitrogen and oxygen atoms in total. The molecule has 0 radical (unpaired) electrons. The quantitative estimate of drug-likeness (QED) is 0.749. The minimum Gasteiger partial charge on any atom is -0.494 e. The van der Waals surface area contributed by atoms with Gasteiger partial charge in [-0.25, -0.2) is 0 Å². The van der Waals surface area contributed by atoms with E-state index in [0.717, 1.165) is 16.9 Å². The highest BCUT2D eigenvalue weighted by molar-refractivity contribution is 7.80. The summed E-state index contributed by atoms with van der Waals surface area (Å²) in [5.41, 5.74) is 7.44. The van der Waals surface area contributed by atoms with Crippen LogP contribution in [0.4, 0.5) is 0 Å². The summed E-state index contributed by atoms with van der Waals surface area (Å²) < 4.78 is 5.39. The van der Waals surface area contributed by atoms with Gasteiger partial charge < -0.3 is 10.5 Å². The predicted octanol–water partition coefficient (Wildman–Crippen LogP) is 2.03. The molecular formula is C10H13NOS. The third kappa shape index (κ3) is 2.42. The first-order valence-electron chi connectivity index (χ1n) is 4.18. The Morgan fingerprint density at radius 2 is 2.23 bits per heavy atom. The lowest BCUT2D eigenvalue weighted by atomic mass is 10.1. The standard InChI is InChI=1S/C10H13NOS/c1-3-12-9-5-4-8(10(11)13)6-7(9)2/h4-6H,3H2,1-2H3,(H2,11,13). The van der Waals surface area contributed by atoms with Crippen molar-refractivity contribution in [3.63, 3.8) is 0 Å². The van der Waals surface area contributed by atoms with Gasteiger partial charge in [0.15, 0.2) is 0 Å². The summed E-state index contributed by atoms with van der Waals surface area (Å²) in [6.45, 7) is 4.61. The summed E-state index contributed by atoms with van der Waals surface area (Å²) in [7, 11) is 0. The Morgan fingerprint density at radius 3 is 2.69 bits per heavy atom. The minimum atomic E-state index is 0.422. The van der Waals surface area contributed by atoms with Crippen LogP contribution in [-0.4, -0.2) is 11.6 Å². The zero-order chi connectivity index (χ0) is 9.84. The lowest BCUT2D eigenvalue weighted by Gasteiger charge is -2.07. The highest BCUT2D eigenvalue weighted by Gasteiger charge is 2.01. The van der Waals surface area contributed by atoms with Crippen LogP contribution >= 0.6 is 12.2 Å². The minimum absolute atomic E-state index is 0.422. The summed E-state index contributed by atoms with van der Waals surface area (Å²) in [5, 5.41) is 0. The van der Waals surface area contributed by atoms with Gasteiger partial charge in [0.2, 0.25) is 0 Å². The molecule has 0 spiro atoms. The highest BCUT2D eigenvalue weighted by Crippen LogP contribution is 2.18. The molecule has 0 saturated carbocycles. The zero-order valence-electron chi connectivity index (χ0n) is 7.83. The molecule has 3 heteroatoms. The molecule has 1 aromatic carbocycles. The molecule has 0 saturated heterocycles. The zero-order valence-corrected chi connectivity index (χ0v) is 8.65. The lowest BCUT2D eigenvalue weighted by molar-refractivity contribution is 0.338. The Hall–Kier alpha value is -1.09. The summed E-state index contributed by atoms with van der Waals surface area (Å²) in [6.07, 6.45) is 0. The number of ether oxygens (including phenoxy) is 1. The van der Waals surface area contributed by atoms with Gasteiger partial charge in [0.05, 0.1) is 6.61 Å². The van der Waals surface area contributed by atoms with Crippen molar-refractivity contribution >= 4 is 17.2 Å². The fourth-order valence-corrected chi connectivity index (χ4v) is 1.25. The Labute approximate surface area is 83.7 Å². The van der Waals surface area contributed by atoms with Crippen LogP contribution in [0.3, 0.4) is 0 Å². The van der Waals surface area contributed by atoms with Crippen molar-refractivity contribution in [1.82, 2.24) is 0 Å². The highest BCUT2D eigenvalue weighted by atomic mass is 32.1. The number of hydrogen-bond acceptors (Lipinski definition) is 2. The van der Waals surface area contributed by atoms with E-state index in [1.54, 1.807) is 0 Å². The fraction of sp³-hybridized carbons (Fsp3) is 0.300. The van der Waals surface area contributed by atoms with E-state index in [-0.39, 0.29) is 0 Å². The molecule has 2 N–H and O–H groups in total. The first-order valence-corrected chi connectivity index (χ1v) is 4.59. The number of thiocarbonyl (C=S) groups is 1. The number of hydrogen-bond donors (Lipinski definition) is 1. The number of rotatable bonds is 3. The first kappa shape index (κ1) is 9.99. The van der Waals surface area contributed by atoms with Gasteiger partial charge in [-0.1, -0.05) is 12.2 Å². The summed E-state index contributed by atoms with van der Waals surface area (Å²) in [5.74, 6) is 0.891. The van der Waals surface area contributed by atoms with Gasteiger partial charge in [-0.2, -0.15) is 0 Å². The van der Waals surface area contributed by atoms with E-state index < -0.39 is 0 Å². The number of nitrogens with two attached hydrogens (primary N) is 1. The molecule has 0 fully saturated rings. The summed E-state index contributed by atoms with van der Waals surface area (Å²) >= 11 is 4.87. The van der Waals surface area contributed by atoms with Gasteiger partial charge in [-0.05, 0) is 37.6 Å². The molecule has 1 aromatic rings. The maximum atomic E-state index is 5.50. The van der Waals surface area contributed by atoms with Gasteiger partial charge in [0.1, 0.15) is 10.7 Å². The van der Waals surface area contributed by atoms with E-state index in [1.165, 1.54) is 0 Å². The summed E-state index contributed by atoms with van der Waals surface area (Å²) in [6, 6.07) is 5.71. The van der Waals surface area contributed by atoms with E-state index >= 15 is 0 Å². The van der Waals surface area contributed by atoms with Crippen molar-refractivity contribution in [3.8, 4) is 5.75 Å².